The normalized spacial score (nSPS) is 11.3. The first-order valence-corrected chi connectivity index (χ1v) is 4.45. The Hall–Kier alpha value is -1.42. The summed E-state index contributed by atoms with van der Waals surface area (Å²) in [5.74, 6) is 0. The van der Waals surface area contributed by atoms with Gasteiger partial charge in [0.1, 0.15) is 5.52 Å². The van der Waals surface area contributed by atoms with Gasteiger partial charge in [-0.2, -0.15) is 0 Å². The van der Waals surface area contributed by atoms with Crippen LogP contribution in [-0.2, 0) is 0 Å². The van der Waals surface area contributed by atoms with E-state index in [1.165, 1.54) is 10.1 Å². The highest BCUT2D eigenvalue weighted by atomic mass is 32.1. The van der Waals surface area contributed by atoms with Gasteiger partial charge in [-0.3, -0.25) is 5.10 Å². The van der Waals surface area contributed by atoms with Gasteiger partial charge in [0.25, 0.3) is 0 Å². The Morgan fingerprint density at radius 1 is 1.25 bits per heavy atom. The quantitative estimate of drug-likeness (QED) is 0.569. The van der Waals surface area contributed by atoms with E-state index >= 15 is 0 Å². The van der Waals surface area contributed by atoms with E-state index in [9.17, 15) is 0 Å². The fraction of sp³-hybridized carbons (Fsp3) is 0. The maximum atomic E-state index is 3.97. The number of aromatic nitrogens is 3. The van der Waals surface area contributed by atoms with E-state index in [-0.39, 0.29) is 0 Å². The lowest BCUT2D eigenvalue weighted by Gasteiger charge is -1.84. The lowest BCUT2D eigenvalue weighted by molar-refractivity contribution is 0.962. The van der Waals surface area contributed by atoms with Crippen molar-refractivity contribution in [1.82, 2.24) is 15.4 Å². The summed E-state index contributed by atoms with van der Waals surface area (Å²) in [6.07, 6.45) is 0. The first-order valence-electron chi connectivity index (χ1n) is 3.63. The second-order valence-corrected chi connectivity index (χ2v) is 3.62. The fourth-order valence-corrected chi connectivity index (χ4v) is 2.31. The Labute approximate surface area is 72.0 Å². The average molecular weight is 175 g/mol. The smallest absolute Gasteiger partial charge is 0.166 e. The van der Waals surface area contributed by atoms with Gasteiger partial charge in [0.2, 0.25) is 0 Å². The molecular formula is C8H5N3S. The molecule has 0 amide bonds. The molecule has 2 heterocycles. The summed E-state index contributed by atoms with van der Waals surface area (Å²) in [6.45, 7) is 0. The molecule has 0 aliphatic rings. The number of thiophene rings is 1. The minimum absolute atomic E-state index is 0.983. The van der Waals surface area contributed by atoms with Gasteiger partial charge in [-0.15, -0.1) is 16.4 Å². The lowest BCUT2D eigenvalue weighted by Crippen LogP contribution is -1.68. The van der Waals surface area contributed by atoms with Crippen LogP contribution in [0.25, 0.3) is 20.4 Å². The molecule has 0 radical (unpaired) electrons. The molecule has 1 aromatic carbocycles. The molecule has 0 saturated heterocycles. The molecule has 0 saturated carbocycles. The summed E-state index contributed by atoms with van der Waals surface area (Å²) in [6, 6.07) is 8.23. The minimum atomic E-state index is 0.983. The first-order chi connectivity index (χ1) is 5.95. The van der Waals surface area contributed by atoms with Crippen molar-refractivity contribution >= 4 is 31.8 Å². The standard InChI is InChI=1S/C8H5N3S/c1-2-4-6-5(3-1)7-8(12-6)10-11-9-7/h1-4H,(H,9,10,11). The molecule has 0 fully saturated rings. The number of nitrogens with one attached hydrogen (secondary N) is 1. The Morgan fingerprint density at radius 3 is 3.17 bits per heavy atom. The predicted octanol–water partition coefficient (Wildman–Crippen LogP) is 2.17. The van der Waals surface area contributed by atoms with Crippen molar-refractivity contribution in [3.05, 3.63) is 24.3 Å². The number of rotatable bonds is 0. The molecule has 0 spiro atoms. The van der Waals surface area contributed by atoms with Gasteiger partial charge in [-0.25, -0.2) is 0 Å². The van der Waals surface area contributed by atoms with Crippen LogP contribution in [0, 0.1) is 0 Å². The van der Waals surface area contributed by atoms with Crippen LogP contribution < -0.4 is 0 Å². The molecule has 3 aromatic rings. The van der Waals surface area contributed by atoms with Gasteiger partial charge in [-0.05, 0) is 6.07 Å². The van der Waals surface area contributed by atoms with Gasteiger partial charge in [-0.1, -0.05) is 23.4 Å². The van der Waals surface area contributed by atoms with Crippen LogP contribution in [0.4, 0.5) is 0 Å². The molecule has 0 aliphatic heterocycles. The molecule has 0 unspecified atom stereocenters. The van der Waals surface area contributed by atoms with Crippen molar-refractivity contribution in [3.63, 3.8) is 0 Å². The number of nitrogens with zero attached hydrogens (tertiary/aromatic N) is 2. The number of H-pyrrole nitrogens is 1. The molecule has 2 aromatic heterocycles. The van der Waals surface area contributed by atoms with Crippen LogP contribution in [0.3, 0.4) is 0 Å². The third kappa shape index (κ3) is 0.648. The molecule has 12 heavy (non-hydrogen) atoms. The van der Waals surface area contributed by atoms with Gasteiger partial charge >= 0.3 is 0 Å². The maximum Gasteiger partial charge on any atom is 0.166 e. The summed E-state index contributed by atoms with van der Waals surface area (Å²) >= 11 is 1.66. The Balaban J connectivity index is 2.68. The Bertz CT molecular complexity index is 536. The zero-order chi connectivity index (χ0) is 7.97. The predicted molar refractivity (Wildman–Crippen MR) is 49.3 cm³/mol. The Kier molecular flexibility index (Phi) is 1.04. The van der Waals surface area contributed by atoms with Crippen LogP contribution >= 0.6 is 11.3 Å². The van der Waals surface area contributed by atoms with Crippen LogP contribution in [0.2, 0.25) is 0 Å². The Morgan fingerprint density at radius 2 is 2.17 bits per heavy atom. The summed E-state index contributed by atoms with van der Waals surface area (Å²) in [5, 5.41) is 11.8. The second-order valence-electron chi connectivity index (χ2n) is 2.59. The van der Waals surface area contributed by atoms with Gasteiger partial charge in [0.05, 0.1) is 0 Å². The largest absolute Gasteiger partial charge is 0.256 e. The number of hydrogen-bond acceptors (Lipinski definition) is 3. The fourth-order valence-electron chi connectivity index (χ4n) is 1.33. The molecule has 3 rings (SSSR count). The first kappa shape index (κ1) is 6.14. The molecule has 0 atom stereocenters. The molecular weight excluding hydrogens is 170 g/mol. The molecule has 1 N–H and O–H groups in total. The zero-order valence-corrected chi connectivity index (χ0v) is 6.93. The third-order valence-corrected chi connectivity index (χ3v) is 2.93. The van der Waals surface area contributed by atoms with E-state index in [1.54, 1.807) is 11.3 Å². The monoisotopic (exact) mass is 175 g/mol. The van der Waals surface area contributed by atoms with Crippen molar-refractivity contribution in [2.75, 3.05) is 0 Å². The molecule has 58 valence electrons. The lowest BCUT2D eigenvalue weighted by atomic mass is 10.2. The average Bonchev–Trinajstić information content (AvgIpc) is 2.62. The number of aromatic amines is 1. The van der Waals surface area contributed by atoms with Crippen molar-refractivity contribution in [1.29, 1.82) is 0 Å². The van der Waals surface area contributed by atoms with E-state index in [2.05, 4.69) is 27.5 Å². The van der Waals surface area contributed by atoms with E-state index in [0.717, 1.165) is 10.3 Å². The van der Waals surface area contributed by atoms with E-state index in [4.69, 9.17) is 0 Å². The van der Waals surface area contributed by atoms with Gasteiger partial charge in [0, 0.05) is 10.1 Å². The summed E-state index contributed by atoms with van der Waals surface area (Å²) in [4.78, 5) is 0.983. The highest BCUT2D eigenvalue weighted by molar-refractivity contribution is 7.25. The van der Waals surface area contributed by atoms with Crippen molar-refractivity contribution in [3.8, 4) is 0 Å². The van der Waals surface area contributed by atoms with Crippen molar-refractivity contribution < 1.29 is 0 Å². The molecule has 0 bridgehead atoms. The summed E-state index contributed by atoms with van der Waals surface area (Å²) in [7, 11) is 0. The van der Waals surface area contributed by atoms with Crippen LogP contribution in [-0.4, -0.2) is 15.4 Å². The number of fused-ring (bicyclic) bond motifs is 3. The summed E-state index contributed by atoms with van der Waals surface area (Å²) in [5.41, 5.74) is 1.05. The topological polar surface area (TPSA) is 41.6 Å². The zero-order valence-electron chi connectivity index (χ0n) is 6.11. The van der Waals surface area contributed by atoms with Crippen molar-refractivity contribution in [2.24, 2.45) is 0 Å². The van der Waals surface area contributed by atoms with Crippen LogP contribution in [0.5, 0.6) is 0 Å². The minimum Gasteiger partial charge on any atom is -0.256 e. The van der Waals surface area contributed by atoms with E-state index < -0.39 is 0 Å². The van der Waals surface area contributed by atoms with E-state index in [1.807, 2.05) is 12.1 Å². The number of hydrogen-bond donors (Lipinski definition) is 1. The second kappa shape index (κ2) is 2.04. The van der Waals surface area contributed by atoms with Crippen molar-refractivity contribution in [2.45, 2.75) is 0 Å². The summed E-state index contributed by atoms with van der Waals surface area (Å²) < 4.78 is 1.26. The highest BCUT2D eigenvalue weighted by Gasteiger charge is 2.05. The SMILES string of the molecule is c1ccc2c(c1)sc1nn[nH]c12. The van der Waals surface area contributed by atoms with Gasteiger partial charge in [0.15, 0.2) is 4.83 Å². The van der Waals surface area contributed by atoms with E-state index in [0.29, 0.717) is 0 Å². The number of benzene rings is 1. The molecule has 4 heteroatoms. The molecule has 0 aliphatic carbocycles. The maximum absolute atomic E-state index is 3.97. The van der Waals surface area contributed by atoms with Gasteiger partial charge < -0.3 is 0 Å². The van der Waals surface area contributed by atoms with Crippen LogP contribution in [0.1, 0.15) is 0 Å². The van der Waals surface area contributed by atoms with Crippen LogP contribution in [0.15, 0.2) is 24.3 Å². The molecule has 3 nitrogen and oxygen atoms in total. The highest BCUT2D eigenvalue weighted by Crippen LogP contribution is 2.29. The third-order valence-electron chi connectivity index (χ3n) is 1.88.